The molecule has 0 aliphatic carbocycles. The minimum atomic E-state index is -0.662. The first kappa shape index (κ1) is 24.8. The second kappa shape index (κ2) is 12.4. The average molecular weight is 483 g/mol. The Bertz CT molecular complexity index is 1060. The fourth-order valence-corrected chi connectivity index (χ4v) is 3.95. The lowest BCUT2D eigenvalue weighted by Crippen LogP contribution is -2.51. The highest BCUT2D eigenvalue weighted by Crippen LogP contribution is 2.24. The third-order valence-corrected chi connectivity index (χ3v) is 6.09. The summed E-state index contributed by atoms with van der Waals surface area (Å²) < 4.78 is 0. The lowest BCUT2D eigenvalue weighted by atomic mass is 10.0. The fraction of sp³-hybridized carbons (Fsp3) is 0.259. The Labute approximate surface area is 205 Å². The Hall–Kier alpha value is -2.82. The molecule has 0 fully saturated rings. The zero-order valence-electron chi connectivity index (χ0n) is 18.6. The molecular formula is C27H28Cl2N2O2. The Morgan fingerprint density at radius 1 is 0.848 bits per heavy atom. The first-order chi connectivity index (χ1) is 16.0. The first-order valence-corrected chi connectivity index (χ1v) is 11.8. The number of carbonyl (C=O) groups excluding carboxylic acids is 2. The lowest BCUT2D eigenvalue weighted by Gasteiger charge is -2.32. The standard InChI is InChI=1S/C27H28Cl2N2O2/c1-2-15-30-27(33)25(17-20-9-5-3-6-10-20)31(19-22-13-14-23(28)24(29)16-22)26(32)18-21-11-7-4-8-12-21/h3-14,16,25H,2,15,17-19H2,1H3,(H,30,33)/t25-/m1/s1. The zero-order chi connectivity index (χ0) is 23.6. The number of hydrogen-bond acceptors (Lipinski definition) is 2. The van der Waals surface area contributed by atoms with Crippen LogP contribution >= 0.6 is 23.2 Å². The van der Waals surface area contributed by atoms with E-state index in [1.807, 2.05) is 73.7 Å². The van der Waals surface area contributed by atoms with Crippen molar-refractivity contribution in [1.29, 1.82) is 0 Å². The van der Waals surface area contributed by atoms with E-state index in [2.05, 4.69) is 5.32 Å². The average Bonchev–Trinajstić information content (AvgIpc) is 2.83. The summed E-state index contributed by atoms with van der Waals surface area (Å²) in [5, 5.41) is 3.84. The van der Waals surface area contributed by atoms with Gasteiger partial charge in [-0.2, -0.15) is 0 Å². The minimum absolute atomic E-state index is 0.125. The maximum atomic E-state index is 13.6. The molecule has 33 heavy (non-hydrogen) atoms. The summed E-state index contributed by atoms with van der Waals surface area (Å²) in [6.45, 7) is 2.80. The Balaban J connectivity index is 1.95. The van der Waals surface area contributed by atoms with Gasteiger partial charge in [0.15, 0.2) is 0 Å². The molecule has 0 spiro atoms. The predicted molar refractivity (Wildman–Crippen MR) is 134 cm³/mol. The van der Waals surface area contributed by atoms with Gasteiger partial charge in [-0.1, -0.05) is 96.9 Å². The lowest BCUT2D eigenvalue weighted by molar-refractivity contribution is -0.140. The second-order valence-electron chi connectivity index (χ2n) is 7.93. The van der Waals surface area contributed by atoms with Gasteiger partial charge in [0.2, 0.25) is 11.8 Å². The van der Waals surface area contributed by atoms with E-state index in [1.54, 1.807) is 17.0 Å². The number of benzene rings is 3. The molecule has 0 aromatic heterocycles. The van der Waals surface area contributed by atoms with Crippen LogP contribution in [0.3, 0.4) is 0 Å². The minimum Gasteiger partial charge on any atom is -0.354 e. The summed E-state index contributed by atoms with van der Waals surface area (Å²) in [6, 6.07) is 23.9. The van der Waals surface area contributed by atoms with Crippen molar-refractivity contribution in [1.82, 2.24) is 10.2 Å². The van der Waals surface area contributed by atoms with Gasteiger partial charge in [-0.15, -0.1) is 0 Å². The van der Waals surface area contributed by atoms with Crippen molar-refractivity contribution in [3.05, 3.63) is 106 Å². The third-order valence-electron chi connectivity index (χ3n) is 5.36. The monoisotopic (exact) mass is 482 g/mol. The molecule has 0 aliphatic heterocycles. The van der Waals surface area contributed by atoms with Gasteiger partial charge in [-0.3, -0.25) is 9.59 Å². The molecule has 6 heteroatoms. The fourth-order valence-electron chi connectivity index (χ4n) is 3.63. The van der Waals surface area contributed by atoms with Crippen LogP contribution in [0.15, 0.2) is 78.9 Å². The Kier molecular flexibility index (Phi) is 9.35. The predicted octanol–water partition coefficient (Wildman–Crippen LogP) is 5.70. The van der Waals surface area contributed by atoms with Crippen LogP contribution < -0.4 is 5.32 Å². The molecule has 0 heterocycles. The SMILES string of the molecule is CCCNC(=O)[C@@H](Cc1ccccc1)N(Cc1ccc(Cl)c(Cl)c1)C(=O)Cc1ccccc1. The van der Waals surface area contributed by atoms with Crippen LogP contribution in [0.1, 0.15) is 30.0 Å². The molecule has 0 aliphatic rings. The number of nitrogens with one attached hydrogen (secondary N) is 1. The van der Waals surface area contributed by atoms with E-state index in [-0.39, 0.29) is 24.8 Å². The highest BCUT2D eigenvalue weighted by atomic mass is 35.5. The van der Waals surface area contributed by atoms with Gasteiger partial charge in [0.05, 0.1) is 16.5 Å². The van der Waals surface area contributed by atoms with Gasteiger partial charge in [0.25, 0.3) is 0 Å². The molecule has 0 saturated carbocycles. The molecule has 0 saturated heterocycles. The molecule has 2 amide bonds. The van der Waals surface area contributed by atoms with Crippen LogP contribution in [-0.4, -0.2) is 29.3 Å². The van der Waals surface area contributed by atoms with Gasteiger partial charge in [-0.25, -0.2) is 0 Å². The van der Waals surface area contributed by atoms with Crippen LogP contribution in [0.25, 0.3) is 0 Å². The molecule has 3 aromatic carbocycles. The smallest absolute Gasteiger partial charge is 0.243 e. The number of carbonyl (C=O) groups is 2. The number of halogens is 2. The van der Waals surface area contributed by atoms with E-state index in [0.29, 0.717) is 23.0 Å². The maximum absolute atomic E-state index is 13.6. The van der Waals surface area contributed by atoms with Crippen LogP contribution in [0.5, 0.6) is 0 Å². The van der Waals surface area contributed by atoms with E-state index in [0.717, 1.165) is 23.1 Å². The van der Waals surface area contributed by atoms with Crippen LogP contribution in [0.4, 0.5) is 0 Å². The Morgan fingerprint density at radius 2 is 1.48 bits per heavy atom. The van der Waals surface area contributed by atoms with Crippen LogP contribution in [-0.2, 0) is 29.0 Å². The highest BCUT2D eigenvalue weighted by molar-refractivity contribution is 6.42. The summed E-state index contributed by atoms with van der Waals surface area (Å²) in [6.07, 6.45) is 1.43. The molecule has 1 N–H and O–H groups in total. The van der Waals surface area contributed by atoms with Gasteiger partial charge in [0.1, 0.15) is 6.04 Å². The normalized spacial score (nSPS) is 11.6. The molecule has 3 rings (SSSR count). The van der Waals surface area contributed by atoms with E-state index < -0.39 is 6.04 Å². The van der Waals surface area contributed by atoms with Gasteiger partial charge in [0, 0.05) is 19.5 Å². The van der Waals surface area contributed by atoms with Crippen LogP contribution in [0, 0.1) is 0 Å². The maximum Gasteiger partial charge on any atom is 0.243 e. The topological polar surface area (TPSA) is 49.4 Å². The van der Waals surface area contributed by atoms with Gasteiger partial charge < -0.3 is 10.2 Å². The third kappa shape index (κ3) is 7.34. The van der Waals surface area contributed by atoms with Gasteiger partial charge >= 0.3 is 0 Å². The quantitative estimate of drug-likeness (QED) is 0.402. The Morgan fingerprint density at radius 3 is 2.09 bits per heavy atom. The summed E-state index contributed by atoms with van der Waals surface area (Å²) in [4.78, 5) is 28.5. The summed E-state index contributed by atoms with van der Waals surface area (Å²) in [5.41, 5.74) is 2.70. The van der Waals surface area contributed by atoms with Crippen molar-refractivity contribution in [3.63, 3.8) is 0 Å². The van der Waals surface area contributed by atoms with E-state index in [1.165, 1.54) is 0 Å². The molecule has 4 nitrogen and oxygen atoms in total. The van der Waals surface area contributed by atoms with Crippen molar-refractivity contribution in [2.45, 2.75) is 38.8 Å². The molecule has 172 valence electrons. The second-order valence-corrected chi connectivity index (χ2v) is 8.74. The summed E-state index contributed by atoms with van der Waals surface area (Å²) >= 11 is 12.3. The molecule has 3 aromatic rings. The van der Waals surface area contributed by atoms with Crippen LogP contribution in [0.2, 0.25) is 10.0 Å². The van der Waals surface area contributed by atoms with E-state index >= 15 is 0 Å². The number of hydrogen-bond donors (Lipinski definition) is 1. The summed E-state index contributed by atoms with van der Waals surface area (Å²) in [5.74, 6) is -0.290. The summed E-state index contributed by atoms with van der Waals surface area (Å²) in [7, 11) is 0. The number of nitrogens with zero attached hydrogens (tertiary/aromatic N) is 1. The molecular weight excluding hydrogens is 455 g/mol. The van der Waals surface area contributed by atoms with E-state index in [9.17, 15) is 9.59 Å². The molecule has 0 bridgehead atoms. The molecule has 0 unspecified atom stereocenters. The first-order valence-electron chi connectivity index (χ1n) is 11.1. The van der Waals surface area contributed by atoms with Crippen molar-refractivity contribution in [2.24, 2.45) is 0 Å². The van der Waals surface area contributed by atoms with E-state index in [4.69, 9.17) is 23.2 Å². The highest BCUT2D eigenvalue weighted by Gasteiger charge is 2.30. The number of rotatable bonds is 10. The zero-order valence-corrected chi connectivity index (χ0v) is 20.1. The van der Waals surface area contributed by atoms with Crippen molar-refractivity contribution >= 4 is 35.0 Å². The molecule has 0 radical (unpaired) electrons. The van der Waals surface area contributed by atoms with Crippen molar-refractivity contribution in [3.8, 4) is 0 Å². The largest absolute Gasteiger partial charge is 0.354 e. The van der Waals surface area contributed by atoms with Crippen molar-refractivity contribution < 1.29 is 9.59 Å². The number of amides is 2. The van der Waals surface area contributed by atoms with Crippen molar-refractivity contribution in [2.75, 3.05) is 6.54 Å². The molecule has 1 atom stereocenters. The van der Waals surface area contributed by atoms with Gasteiger partial charge in [-0.05, 0) is 35.2 Å².